The molecule has 0 spiro atoms. The maximum Gasteiger partial charge on any atom is 0.457 e. The molecule has 0 radical (unpaired) electrons. The summed E-state index contributed by atoms with van der Waals surface area (Å²) in [5, 5.41) is 7.12. The van der Waals surface area contributed by atoms with E-state index in [-0.39, 0.29) is 42.1 Å². The number of likely N-dealkylation sites (tertiary alicyclic amines) is 1. The second-order valence-electron chi connectivity index (χ2n) is 13.4. The summed E-state index contributed by atoms with van der Waals surface area (Å²) < 4.78 is 12.4. The van der Waals surface area contributed by atoms with E-state index in [4.69, 9.17) is 20.9 Å². The van der Waals surface area contributed by atoms with Crippen molar-refractivity contribution < 1.29 is 18.9 Å². The average molecular weight is 574 g/mol. The van der Waals surface area contributed by atoms with Gasteiger partial charge < -0.3 is 19.9 Å². The fraction of sp³-hybridized carbons (Fsp3) is 0.742. The van der Waals surface area contributed by atoms with E-state index in [0.29, 0.717) is 12.5 Å². The number of aryl methyl sites for hydroxylation is 1. The highest BCUT2D eigenvalue weighted by atomic mass is 35.5. The van der Waals surface area contributed by atoms with Gasteiger partial charge >= 0.3 is 7.12 Å². The van der Waals surface area contributed by atoms with E-state index < -0.39 is 5.54 Å². The van der Waals surface area contributed by atoms with Gasteiger partial charge in [-0.2, -0.15) is 0 Å². The highest BCUT2D eigenvalue weighted by Crippen LogP contribution is 2.42. The number of hydrogen-bond donors (Lipinski definition) is 2. The number of amides is 2. The maximum atomic E-state index is 13.9. The van der Waals surface area contributed by atoms with Gasteiger partial charge in [-0.25, -0.2) is 0 Å². The van der Waals surface area contributed by atoms with Crippen LogP contribution >= 0.6 is 11.6 Å². The fourth-order valence-corrected chi connectivity index (χ4v) is 7.03. The summed E-state index contributed by atoms with van der Waals surface area (Å²) in [5.41, 5.74) is 1.02. The molecule has 1 aromatic carbocycles. The number of rotatable bonds is 10. The van der Waals surface area contributed by atoms with Gasteiger partial charge in [-0.3, -0.25) is 14.5 Å². The van der Waals surface area contributed by atoms with Crippen LogP contribution in [0.3, 0.4) is 0 Å². The number of nitrogens with zero attached hydrogens (tertiary/aromatic N) is 1. The molecule has 2 heterocycles. The largest absolute Gasteiger partial charge is 0.457 e. The number of fused-ring (bicyclic) bond motifs is 1. The van der Waals surface area contributed by atoms with Crippen LogP contribution in [0.1, 0.15) is 104 Å². The van der Waals surface area contributed by atoms with E-state index in [9.17, 15) is 9.59 Å². The molecule has 2 aliphatic heterocycles. The van der Waals surface area contributed by atoms with Crippen LogP contribution in [0.2, 0.25) is 11.3 Å². The van der Waals surface area contributed by atoms with Gasteiger partial charge in [-0.15, -0.1) is 0 Å². The van der Waals surface area contributed by atoms with E-state index in [1.165, 1.54) is 18.1 Å². The first-order valence-corrected chi connectivity index (χ1v) is 15.6. The topological polar surface area (TPSA) is 79.9 Å². The van der Waals surface area contributed by atoms with Crippen LogP contribution in [0.25, 0.3) is 0 Å². The predicted octanol–water partition coefficient (Wildman–Crippen LogP) is 5.70. The van der Waals surface area contributed by atoms with Gasteiger partial charge in [-0.05, 0) is 110 Å². The third-order valence-corrected chi connectivity index (χ3v) is 9.77. The molecule has 222 valence electrons. The number of nitrogens with one attached hydrogen (secondary N) is 2. The van der Waals surface area contributed by atoms with Gasteiger partial charge in [0.05, 0.1) is 11.2 Å². The number of benzene rings is 1. The molecule has 3 unspecified atom stereocenters. The van der Waals surface area contributed by atoms with Crippen LogP contribution in [-0.4, -0.2) is 59.7 Å². The second-order valence-corrected chi connectivity index (χ2v) is 13.9. The first kappa shape index (κ1) is 31.3. The molecule has 40 heavy (non-hydrogen) atoms. The Balaban J connectivity index is 1.50. The quantitative estimate of drug-likeness (QED) is 0.277. The van der Waals surface area contributed by atoms with E-state index in [0.717, 1.165) is 63.0 Å². The lowest BCUT2D eigenvalue weighted by atomic mass is 9.75. The number of hydrogen-bond acceptors (Lipinski definition) is 5. The molecule has 2 saturated heterocycles. The predicted molar refractivity (Wildman–Crippen MR) is 161 cm³/mol. The zero-order valence-electron chi connectivity index (χ0n) is 25.6. The third kappa shape index (κ3) is 6.72. The van der Waals surface area contributed by atoms with E-state index >= 15 is 0 Å². The smallest absolute Gasteiger partial charge is 0.403 e. The summed E-state index contributed by atoms with van der Waals surface area (Å²) in [6, 6.07) is 6.57. The molecule has 1 aromatic rings. The number of carbonyl (C=O) groups excluding carboxylic acids is 2. The Kier molecular flexibility index (Phi) is 9.65. The minimum absolute atomic E-state index is 0.0159. The molecular weight excluding hydrogens is 525 g/mol. The average Bonchev–Trinajstić information content (AvgIpc) is 3.41. The summed E-state index contributed by atoms with van der Waals surface area (Å²) in [7, 11) is -0.258. The Labute approximate surface area is 246 Å². The first-order chi connectivity index (χ1) is 18.7. The molecule has 1 aliphatic carbocycles. The van der Waals surface area contributed by atoms with Gasteiger partial charge in [0.15, 0.2) is 0 Å². The van der Waals surface area contributed by atoms with Crippen LogP contribution < -0.4 is 10.6 Å². The molecule has 0 saturated carbocycles. The van der Waals surface area contributed by atoms with Gasteiger partial charge in [0.25, 0.3) is 0 Å². The molecule has 3 aliphatic rings. The van der Waals surface area contributed by atoms with Crippen molar-refractivity contribution in [3.8, 4) is 0 Å². The molecule has 7 nitrogen and oxygen atoms in total. The summed E-state index contributed by atoms with van der Waals surface area (Å²) in [6.45, 7) is 15.4. The molecular formula is C31H49BClN3O4. The van der Waals surface area contributed by atoms with Crippen molar-refractivity contribution in [2.24, 2.45) is 5.92 Å². The van der Waals surface area contributed by atoms with Crippen molar-refractivity contribution in [1.29, 1.82) is 0 Å². The highest BCUT2D eigenvalue weighted by Gasteiger charge is 2.52. The van der Waals surface area contributed by atoms with E-state index in [1.54, 1.807) is 0 Å². The number of unbranched alkanes of at least 4 members (excludes halogenated alkanes) is 1. The molecule has 9 heteroatoms. The van der Waals surface area contributed by atoms with Crippen LogP contribution in [0.5, 0.6) is 0 Å². The van der Waals surface area contributed by atoms with E-state index in [1.807, 2.05) is 19.9 Å². The standard InChI is InChI=1S/C31H49BClN3O4/c1-21(2)34-28(38)31(35-22(3)37,16-8-9-17-32-39-29(4,5)30(6,7)40-32)24-15-18-36(20-24)27-12-10-11-23-19-25(33)13-14-26(23)27/h13-14,19,21,24,27H,8-12,15-18,20H2,1-7H3,(H,34,38)(H,35,37). The summed E-state index contributed by atoms with van der Waals surface area (Å²) in [6.07, 6.45) is 7.12. The Hall–Kier alpha value is -1.61. The zero-order valence-corrected chi connectivity index (χ0v) is 26.3. The normalized spacial score (nSPS) is 25.5. The number of carbonyl (C=O) groups is 2. The molecule has 2 N–H and O–H groups in total. The summed E-state index contributed by atoms with van der Waals surface area (Å²) in [4.78, 5) is 29.1. The van der Waals surface area contributed by atoms with Gasteiger partial charge in [0.1, 0.15) is 5.54 Å². The molecule has 0 bridgehead atoms. The van der Waals surface area contributed by atoms with E-state index in [2.05, 4.69) is 55.4 Å². The lowest BCUT2D eigenvalue weighted by Crippen LogP contribution is -2.64. The zero-order chi connectivity index (χ0) is 29.3. The lowest BCUT2D eigenvalue weighted by Gasteiger charge is -2.40. The van der Waals surface area contributed by atoms with Crippen LogP contribution in [-0.2, 0) is 25.3 Å². The second kappa shape index (κ2) is 12.3. The SMILES string of the molecule is CC(=O)NC(CCCCB1OC(C)(C)C(C)(C)O1)(C(=O)NC(C)C)C1CCN(C2CCCc3cc(Cl)ccc32)C1. The Morgan fingerprint density at radius 1 is 1.15 bits per heavy atom. The third-order valence-electron chi connectivity index (χ3n) is 9.53. The summed E-state index contributed by atoms with van der Waals surface area (Å²) in [5.74, 6) is -0.221. The monoisotopic (exact) mass is 573 g/mol. The molecule has 3 atom stereocenters. The maximum absolute atomic E-state index is 13.9. The highest BCUT2D eigenvalue weighted by molar-refractivity contribution is 6.45. The molecule has 2 amide bonds. The number of halogens is 1. The van der Waals surface area contributed by atoms with Crippen LogP contribution in [0, 0.1) is 5.92 Å². The van der Waals surface area contributed by atoms with Crippen LogP contribution in [0.15, 0.2) is 18.2 Å². The van der Waals surface area contributed by atoms with Crippen molar-refractivity contribution in [1.82, 2.24) is 15.5 Å². The van der Waals surface area contributed by atoms with Crippen molar-refractivity contribution in [2.75, 3.05) is 13.1 Å². The van der Waals surface area contributed by atoms with Crippen LogP contribution in [0.4, 0.5) is 0 Å². The first-order valence-electron chi connectivity index (χ1n) is 15.2. The molecule has 2 fully saturated rings. The Morgan fingerprint density at radius 3 is 2.50 bits per heavy atom. The lowest BCUT2D eigenvalue weighted by molar-refractivity contribution is -0.136. The van der Waals surface area contributed by atoms with Gasteiger partial charge in [0, 0.05) is 36.5 Å². The van der Waals surface area contributed by atoms with Gasteiger partial charge in [0.2, 0.25) is 11.8 Å². The van der Waals surface area contributed by atoms with Crippen molar-refractivity contribution in [3.63, 3.8) is 0 Å². The van der Waals surface area contributed by atoms with Gasteiger partial charge in [-0.1, -0.05) is 30.5 Å². The minimum atomic E-state index is -0.960. The van der Waals surface area contributed by atoms with Crippen molar-refractivity contribution in [2.45, 2.75) is 129 Å². The Bertz CT molecular complexity index is 1060. The fourth-order valence-electron chi connectivity index (χ4n) is 6.84. The Morgan fingerprint density at radius 2 is 1.85 bits per heavy atom. The van der Waals surface area contributed by atoms with Crippen molar-refractivity contribution in [3.05, 3.63) is 34.3 Å². The van der Waals surface area contributed by atoms with Crippen molar-refractivity contribution >= 4 is 30.5 Å². The molecule has 0 aromatic heterocycles. The minimum Gasteiger partial charge on any atom is -0.403 e. The molecule has 4 rings (SSSR count). The summed E-state index contributed by atoms with van der Waals surface area (Å²) >= 11 is 6.31.